The lowest BCUT2D eigenvalue weighted by molar-refractivity contribution is -0.133. The van der Waals surface area contributed by atoms with E-state index < -0.39 is 0 Å². The molecule has 108 valence electrons. The van der Waals surface area contributed by atoms with E-state index in [1.54, 1.807) is 22.7 Å². The minimum absolute atomic E-state index is 0.171. The minimum atomic E-state index is 0.171. The summed E-state index contributed by atoms with van der Waals surface area (Å²) in [5.41, 5.74) is 2.17. The average molecular weight is 317 g/mol. The van der Waals surface area contributed by atoms with Crippen LogP contribution in [0.15, 0.2) is 29.2 Å². The van der Waals surface area contributed by atoms with Gasteiger partial charge in [-0.1, -0.05) is 0 Å². The van der Waals surface area contributed by atoms with E-state index in [1.165, 1.54) is 10.4 Å². The van der Waals surface area contributed by atoms with Crippen molar-refractivity contribution in [3.05, 3.63) is 45.4 Å². The fourth-order valence-electron chi connectivity index (χ4n) is 2.97. The molecule has 0 spiro atoms. The van der Waals surface area contributed by atoms with Gasteiger partial charge in [0.2, 0.25) is 5.91 Å². The van der Waals surface area contributed by atoms with E-state index in [1.807, 2.05) is 27.1 Å². The second kappa shape index (κ2) is 4.96. The van der Waals surface area contributed by atoms with Crippen molar-refractivity contribution < 1.29 is 4.79 Å². The number of carbonyl (C=O) groups excluding carboxylic acids is 1. The van der Waals surface area contributed by atoms with Crippen LogP contribution >= 0.6 is 22.7 Å². The fourth-order valence-corrected chi connectivity index (χ4v) is 4.65. The molecule has 1 amide bonds. The SMILES string of the molecule is C[C@H]1c2ccsc2CCN1C(=O)Cc1cn2ccsc2n1. The second-order valence-corrected chi connectivity index (χ2v) is 7.19. The van der Waals surface area contributed by atoms with Crippen molar-refractivity contribution >= 4 is 33.5 Å². The van der Waals surface area contributed by atoms with Gasteiger partial charge in [-0.15, -0.1) is 22.7 Å². The first-order valence-corrected chi connectivity index (χ1v) is 8.75. The van der Waals surface area contributed by atoms with E-state index in [9.17, 15) is 4.79 Å². The maximum atomic E-state index is 12.6. The van der Waals surface area contributed by atoms with Gasteiger partial charge in [0.25, 0.3) is 0 Å². The number of amides is 1. The molecule has 0 aromatic carbocycles. The second-order valence-electron chi connectivity index (χ2n) is 5.31. The number of nitrogens with zero attached hydrogens (tertiary/aromatic N) is 3. The molecule has 1 aliphatic rings. The first-order valence-electron chi connectivity index (χ1n) is 6.99. The molecule has 0 aliphatic carbocycles. The molecule has 3 aromatic heterocycles. The molecule has 0 radical (unpaired) electrons. The van der Waals surface area contributed by atoms with Gasteiger partial charge in [-0.25, -0.2) is 4.98 Å². The normalized spacial score (nSPS) is 18.1. The van der Waals surface area contributed by atoms with Gasteiger partial charge in [-0.05, 0) is 30.4 Å². The largest absolute Gasteiger partial charge is 0.335 e. The summed E-state index contributed by atoms with van der Waals surface area (Å²) in [6.07, 6.45) is 5.29. The van der Waals surface area contributed by atoms with Gasteiger partial charge in [0.15, 0.2) is 4.96 Å². The van der Waals surface area contributed by atoms with Gasteiger partial charge < -0.3 is 4.90 Å². The molecule has 4 heterocycles. The standard InChI is InChI=1S/C15H15N3OS2/c1-10-12-3-6-20-13(12)2-4-18(10)14(19)8-11-9-17-5-7-21-15(17)16-11/h3,5-7,9-10H,2,4,8H2,1H3/t10-/m0/s1. The molecule has 21 heavy (non-hydrogen) atoms. The van der Waals surface area contributed by atoms with Gasteiger partial charge in [-0.2, -0.15) is 0 Å². The highest BCUT2D eigenvalue weighted by atomic mass is 32.1. The van der Waals surface area contributed by atoms with Crippen LogP contribution in [0.2, 0.25) is 0 Å². The first-order chi connectivity index (χ1) is 10.2. The maximum Gasteiger partial charge on any atom is 0.229 e. The zero-order valence-corrected chi connectivity index (χ0v) is 13.3. The molecule has 0 N–H and O–H groups in total. The smallest absolute Gasteiger partial charge is 0.229 e. The summed E-state index contributed by atoms with van der Waals surface area (Å²) < 4.78 is 1.98. The van der Waals surface area contributed by atoms with Gasteiger partial charge >= 0.3 is 0 Å². The zero-order valence-electron chi connectivity index (χ0n) is 11.7. The molecule has 1 aliphatic heterocycles. The van der Waals surface area contributed by atoms with E-state index in [-0.39, 0.29) is 11.9 Å². The Balaban J connectivity index is 1.54. The van der Waals surface area contributed by atoms with Crippen LogP contribution in [0.1, 0.15) is 29.1 Å². The van der Waals surface area contributed by atoms with Crippen LogP contribution < -0.4 is 0 Å². The number of thiazole rings is 1. The van der Waals surface area contributed by atoms with Crippen molar-refractivity contribution in [1.82, 2.24) is 14.3 Å². The molecule has 1 atom stereocenters. The third-order valence-electron chi connectivity index (χ3n) is 4.07. The van der Waals surface area contributed by atoms with Crippen molar-refractivity contribution in [1.29, 1.82) is 0 Å². The van der Waals surface area contributed by atoms with Crippen LogP contribution in [0, 0.1) is 0 Å². The number of hydrogen-bond acceptors (Lipinski definition) is 4. The Labute approximate surface area is 130 Å². The quantitative estimate of drug-likeness (QED) is 0.728. The van der Waals surface area contributed by atoms with Gasteiger partial charge in [0, 0.05) is 29.2 Å². The molecule has 0 unspecified atom stereocenters. The predicted molar refractivity (Wildman–Crippen MR) is 84.9 cm³/mol. The molecule has 0 saturated heterocycles. The number of thiophene rings is 1. The lowest BCUT2D eigenvalue weighted by Crippen LogP contribution is -2.39. The summed E-state index contributed by atoms with van der Waals surface area (Å²) in [5.74, 6) is 0.171. The highest BCUT2D eigenvalue weighted by Gasteiger charge is 2.28. The van der Waals surface area contributed by atoms with Crippen LogP contribution in [-0.4, -0.2) is 26.7 Å². The van der Waals surface area contributed by atoms with E-state index >= 15 is 0 Å². The fraction of sp³-hybridized carbons (Fsp3) is 0.333. The lowest BCUT2D eigenvalue weighted by atomic mass is 10.0. The Morgan fingerprint density at radius 1 is 1.43 bits per heavy atom. The Kier molecular flexibility index (Phi) is 3.08. The van der Waals surface area contributed by atoms with Gasteiger partial charge in [0.05, 0.1) is 18.2 Å². The number of carbonyl (C=O) groups is 1. The molecule has 4 rings (SSSR count). The average Bonchev–Trinajstić information content (AvgIpc) is 3.13. The molecule has 0 fully saturated rings. The zero-order chi connectivity index (χ0) is 14.4. The predicted octanol–water partition coefficient (Wildman–Crippen LogP) is 3.15. The van der Waals surface area contributed by atoms with Gasteiger partial charge in [-0.3, -0.25) is 9.20 Å². The summed E-state index contributed by atoms with van der Waals surface area (Å²) in [4.78, 5) is 21.5. The summed E-state index contributed by atoms with van der Waals surface area (Å²) in [7, 11) is 0. The van der Waals surface area contributed by atoms with Crippen LogP contribution in [-0.2, 0) is 17.6 Å². The number of imidazole rings is 1. The molecule has 3 aromatic rings. The summed E-state index contributed by atoms with van der Waals surface area (Å²) in [6.45, 7) is 2.93. The number of rotatable bonds is 2. The molecule has 4 nitrogen and oxygen atoms in total. The van der Waals surface area contributed by atoms with Crippen LogP contribution in [0.3, 0.4) is 0 Å². The highest BCUT2D eigenvalue weighted by Crippen LogP contribution is 2.33. The highest BCUT2D eigenvalue weighted by molar-refractivity contribution is 7.15. The molecule has 6 heteroatoms. The minimum Gasteiger partial charge on any atom is -0.335 e. The first kappa shape index (κ1) is 13.0. The summed E-state index contributed by atoms with van der Waals surface area (Å²) in [6, 6.07) is 2.33. The third kappa shape index (κ3) is 2.18. The Morgan fingerprint density at radius 2 is 2.33 bits per heavy atom. The molecular weight excluding hydrogens is 302 g/mol. The summed E-state index contributed by atoms with van der Waals surface area (Å²) >= 11 is 3.39. The molecule has 0 saturated carbocycles. The number of aromatic nitrogens is 2. The van der Waals surface area contributed by atoms with Crippen molar-refractivity contribution in [3.8, 4) is 0 Å². The van der Waals surface area contributed by atoms with Crippen molar-refractivity contribution in [2.24, 2.45) is 0 Å². The van der Waals surface area contributed by atoms with Crippen LogP contribution in [0.4, 0.5) is 0 Å². The van der Waals surface area contributed by atoms with Crippen molar-refractivity contribution in [3.63, 3.8) is 0 Å². The van der Waals surface area contributed by atoms with E-state index in [0.717, 1.165) is 23.6 Å². The van der Waals surface area contributed by atoms with Gasteiger partial charge in [0.1, 0.15) is 0 Å². The van der Waals surface area contributed by atoms with E-state index in [2.05, 4.69) is 23.4 Å². The Bertz CT molecular complexity index is 772. The molecular formula is C15H15N3OS2. The Morgan fingerprint density at radius 3 is 3.19 bits per heavy atom. The molecule has 0 bridgehead atoms. The van der Waals surface area contributed by atoms with Crippen molar-refractivity contribution in [2.75, 3.05) is 6.54 Å². The topological polar surface area (TPSA) is 37.6 Å². The summed E-state index contributed by atoms with van der Waals surface area (Å²) in [5, 5.41) is 4.12. The Hall–Kier alpha value is -1.66. The van der Waals surface area contributed by atoms with E-state index in [4.69, 9.17) is 0 Å². The number of hydrogen-bond donors (Lipinski definition) is 0. The third-order valence-corrected chi connectivity index (χ3v) is 5.84. The lowest BCUT2D eigenvalue weighted by Gasteiger charge is -2.33. The maximum absolute atomic E-state index is 12.6. The number of fused-ring (bicyclic) bond motifs is 2. The monoisotopic (exact) mass is 317 g/mol. The van der Waals surface area contributed by atoms with Crippen LogP contribution in [0.5, 0.6) is 0 Å². The van der Waals surface area contributed by atoms with Crippen molar-refractivity contribution in [2.45, 2.75) is 25.8 Å². The van der Waals surface area contributed by atoms with Crippen LogP contribution in [0.25, 0.3) is 4.96 Å². The van der Waals surface area contributed by atoms with E-state index in [0.29, 0.717) is 6.42 Å².